The first-order valence-electron chi connectivity index (χ1n) is 5.04. The van der Waals surface area contributed by atoms with Crippen molar-refractivity contribution in [1.82, 2.24) is 15.5 Å². The highest BCUT2D eigenvalue weighted by atomic mass is 16.5. The van der Waals surface area contributed by atoms with Gasteiger partial charge in [0, 0.05) is 6.42 Å². The number of aromatic nitrogens is 2. The zero-order valence-electron chi connectivity index (χ0n) is 8.36. The van der Waals surface area contributed by atoms with Gasteiger partial charge in [0.05, 0.1) is 6.04 Å². The summed E-state index contributed by atoms with van der Waals surface area (Å²) in [4.78, 5) is 4.24. The molecular formula is C9H16N4O. The number of rotatable bonds is 3. The van der Waals surface area contributed by atoms with Crippen molar-refractivity contribution < 1.29 is 4.52 Å². The van der Waals surface area contributed by atoms with Gasteiger partial charge in [-0.15, -0.1) is 0 Å². The molecule has 14 heavy (non-hydrogen) atoms. The zero-order valence-corrected chi connectivity index (χ0v) is 8.36. The van der Waals surface area contributed by atoms with Gasteiger partial charge in [-0.25, -0.2) is 0 Å². The molecule has 1 aliphatic rings. The summed E-state index contributed by atoms with van der Waals surface area (Å²) in [5, 5.41) is 7.13. The topological polar surface area (TPSA) is 77.0 Å². The van der Waals surface area contributed by atoms with Crippen LogP contribution in [-0.4, -0.2) is 23.2 Å². The Morgan fingerprint density at radius 1 is 1.71 bits per heavy atom. The fourth-order valence-corrected chi connectivity index (χ4v) is 1.67. The summed E-state index contributed by atoms with van der Waals surface area (Å²) in [6, 6.07) is -0.144. The Bertz CT molecular complexity index is 291. The van der Waals surface area contributed by atoms with Crippen molar-refractivity contribution in [3.05, 3.63) is 11.7 Å². The van der Waals surface area contributed by atoms with Crippen molar-refractivity contribution in [1.29, 1.82) is 0 Å². The summed E-state index contributed by atoms with van der Waals surface area (Å²) in [5.41, 5.74) is 5.64. The Morgan fingerprint density at radius 2 is 2.57 bits per heavy atom. The van der Waals surface area contributed by atoms with E-state index < -0.39 is 0 Å². The first-order valence-corrected chi connectivity index (χ1v) is 5.04. The van der Waals surface area contributed by atoms with E-state index in [1.807, 2.05) is 6.92 Å². The third kappa shape index (κ3) is 2.10. The van der Waals surface area contributed by atoms with Gasteiger partial charge in [0.25, 0.3) is 0 Å². The van der Waals surface area contributed by atoms with Crippen molar-refractivity contribution in [2.24, 2.45) is 11.7 Å². The number of nitrogens with zero attached hydrogens (tertiary/aromatic N) is 2. The fraction of sp³-hybridized carbons (Fsp3) is 0.778. The van der Waals surface area contributed by atoms with Crippen LogP contribution in [-0.2, 0) is 6.42 Å². The second-order valence-electron chi connectivity index (χ2n) is 3.90. The van der Waals surface area contributed by atoms with Gasteiger partial charge >= 0.3 is 0 Å². The van der Waals surface area contributed by atoms with Crippen molar-refractivity contribution in [3.8, 4) is 0 Å². The van der Waals surface area contributed by atoms with Gasteiger partial charge < -0.3 is 15.6 Å². The van der Waals surface area contributed by atoms with Crippen LogP contribution in [0.2, 0.25) is 0 Å². The molecule has 5 nitrogen and oxygen atoms in total. The molecule has 1 aromatic rings. The Balaban J connectivity index is 1.95. The van der Waals surface area contributed by atoms with Gasteiger partial charge in [0.1, 0.15) is 0 Å². The maximum atomic E-state index is 5.64. The lowest BCUT2D eigenvalue weighted by atomic mass is 10.1. The van der Waals surface area contributed by atoms with Crippen LogP contribution in [0, 0.1) is 5.92 Å². The molecule has 2 heterocycles. The second kappa shape index (κ2) is 4.06. The number of nitrogens with one attached hydrogen (secondary N) is 1. The van der Waals surface area contributed by atoms with Gasteiger partial charge in [-0.1, -0.05) is 5.16 Å². The van der Waals surface area contributed by atoms with E-state index in [4.69, 9.17) is 10.3 Å². The van der Waals surface area contributed by atoms with Crippen LogP contribution < -0.4 is 11.1 Å². The summed E-state index contributed by atoms with van der Waals surface area (Å²) in [6.07, 6.45) is 2.06. The molecule has 0 bridgehead atoms. The molecule has 3 N–H and O–H groups in total. The molecule has 0 aromatic carbocycles. The highest BCUT2D eigenvalue weighted by Gasteiger charge is 2.18. The monoisotopic (exact) mass is 196 g/mol. The van der Waals surface area contributed by atoms with E-state index in [0.29, 0.717) is 17.6 Å². The largest absolute Gasteiger partial charge is 0.339 e. The van der Waals surface area contributed by atoms with Gasteiger partial charge in [0.2, 0.25) is 5.89 Å². The summed E-state index contributed by atoms with van der Waals surface area (Å²) < 4.78 is 5.12. The van der Waals surface area contributed by atoms with E-state index in [-0.39, 0.29) is 6.04 Å². The van der Waals surface area contributed by atoms with E-state index in [0.717, 1.165) is 19.5 Å². The Morgan fingerprint density at radius 3 is 3.14 bits per heavy atom. The normalized spacial score (nSPS) is 24.0. The quantitative estimate of drug-likeness (QED) is 0.724. The fourth-order valence-electron chi connectivity index (χ4n) is 1.67. The van der Waals surface area contributed by atoms with E-state index in [9.17, 15) is 0 Å². The molecular weight excluding hydrogens is 180 g/mol. The minimum atomic E-state index is -0.144. The summed E-state index contributed by atoms with van der Waals surface area (Å²) in [7, 11) is 0. The van der Waals surface area contributed by atoms with Crippen molar-refractivity contribution >= 4 is 0 Å². The minimum absolute atomic E-state index is 0.144. The Hall–Kier alpha value is -0.940. The highest BCUT2D eigenvalue weighted by Crippen LogP contribution is 2.14. The van der Waals surface area contributed by atoms with Crippen LogP contribution >= 0.6 is 0 Å². The second-order valence-corrected chi connectivity index (χ2v) is 3.90. The van der Waals surface area contributed by atoms with E-state index in [1.54, 1.807) is 0 Å². The Labute approximate surface area is 83.1 Å². The predicted molar refractivity (Wildman–Crippen MR) is 51.6 cm³/mol. The van der Waals surface area contributed by atoms with E-state index in [2.05, 4.69) is 15.5 Å². The third-order valence-electron chi connectivity index (χ3n) is 2.52. The molecule has 0 radical (unpaired) electrons. The molecule has 2 unspecified atom stereocenters. The number of hydrogen-bond donors (Lipinski definition) is 2. The summed E-state index contributed by atoms with van der Waals surface area (Å²) in [5.74, 6) is 1.95. The van der Waals surface area contributed by atoms with E-state index in [1.165, 1.54) is 6.42 Å². The standard InChI is InChI=1S/C9H16N4O/c1-6(10)9-12-8(14-13-9)4-7-2-3-11-5-7/h6-7,11H,2-5,10H2,1H3. The lowest BCUT2D eigenvalue weighted by molar-refractivity contribution is 0.352. The SMILES string of the molecule is CC(N)c1noc(CC2CCNC2)n1. The zero-order chi connectivity index (χ0) is 9.97. The van der Waals surface area contributed by atoms with Gasteiger partial charge in [-0.05, 0) is 32.4 Å². The maximum absolute atomic E-state index is 5.64. The molecule has 0 saturated carbocycles. The van der Waals surface area contributed by atoms with Crippen LogP contribution in [0.1, 0.15) is 31.1 Å². The smallest absolute Gasteiger partial charge is 0.227 e. The van der Waals surface area contributed by atoms with Crippen molar-refractivity contribution in [2.45, 2.75) is 25.8 Å². The predicted octanol–water partition coefficient (Wildman–Crippen LogP) is 0.241. The lowest BCUT2D eigenvalue weighted by Crippen LogP contribution is -2.11. The van der Waals surface area contributed by atoms with Crippen molar-refractivity contribution in [3.63, 3.8) is 0 Å². The molecule has 1 aromatic heterocycles. The minimum Gasteiger partial charge on any atom is -0.339 e. The molecule has 1 fully saturated rings. The molecule has 2 atom stereocenters. The highest BCUT2D eigenvalue weighted by molar-refractivity contribution is 4.93. The molecule has 0 spiro atoms. The van der Waals surface area contributed by atoms with Crippen LogP contribution in [0.25, 0.3) is 0 Å². The number of hydrogen-bond acceptors (Lipinski definition) is 5. The van der Waals surface area contributed by atoms with Gasteiger partial charge in [-0.3, -0.25) is 0 Å². The van der Waals surface area contributed by atoms with Crippen molar-refractivity contribution in [2.75, 3.05) is 13.1 Å². The first-order chi connectivity index (χ1) is 6.75. The van der Waals surface area contributed by atoms with Crippen LogP contribution in [0.4, 0.5) is 0 Å². The average molecular weight is 196 g/mol. The summed E-state index contributed by atoms with van der Waals surface area (Å²) >= 11 is 0. The molecule has 1 saturated heterocycles. The lowest BCUT2D eigenvalue weighted by Gasteiger charge is -2.01. The van der Waals surface area contributed by atoms with Crippen LogP contribution in [0.15, 0.2) is 4.52 Å². The molecule has 1 aliphatic heterocycles. The molecule has 2 rings (SSSR count). The molecule has 0 amide bonds. The first kappa shape index (κ1) is 9.61. The van der Waals surface area contributed by atoms with E-state index >= 15 is 0 Å². The molecule has 5 heteroatoms. The Kier molecular flexibility index (Phi) is 2.79. The van der Waals surface area contributed by atoms with Crippen LogP contribution in [0.3, 0.4) is 0 Å². The third-order valence-corrected chi connectivity index (χ3v) is 2.52. The maximum Gasteiger partial charge on any atom is 0.227 e. The number of nitrogens with two attached hydrogens (primary N) is 1. The summed E-state index contributed by atoms with van der Waals surface area (Å²) in [6.45, 7) is 4.00. The molecule has 0 aliphatic carbocycles. The van der Waals surface area contributed by atoms with Crippen LogP contribution in [0.5, 0.6) is 0 Å². The molecule has 78 valence electrons. The van der Waals surface area contributed by atoms with Gasteiger partial charge in [-0.2, -0.15) is 4.98 Å². The average Bonchev–Trinajstić information content (AvgIpc) is 2.75. The van der Waals surface area contributed by atoms with Gasteiger partial charge in [0.15, 0.2) is 5.82 Å².